The van der Waals surface area contributed by atoms with Crippen molar-refractivity contribution in [3.8, 4) is 0 Å². The van der Waals surface area contributed by atoms with E-state index in [1.165, 1.54) is 5.56 Å². The average Bonchev–Trinajstić information content (AvgIpc) is 2.49. The van der Waals surface area contributed by atoms with Crippen LogP contribution in [0.5, 0.6) is 0 Å². The first-order valence-corrected chi connectivity index (χ1v) is 7.19. The summed E-state index contributed by atoms with van der Waals surface area (Å²) < 4.78 is 0. The van der Waals surface area contributed by atoms with Gasteiger partial charge in [-0.25, -0.2) is 9.97 Å². The van der Waals surface area contributed by atoms with Gasteiger partial charge in [-0.05, 0) is 23.2 Å². The molecule has 0 unspecified atom stereocenters. The van der Waals surface area contributed by atoms with Gasteiger partial charge >= 0.3 is 0 Å². The lowest BCUT2D eigenvalue weighted by Gasteiger charge is -2.35. The Labute approximate surface area is 124 Å². The van der Waals surface area contributed by atoms with Crippen LogP contribution in [0.25, 0.3) is 0 Å². The Morgan fingerprint density at radius 3 is 2.45 bits per heavy atom. The number of anilines is 1. The molecule has 0 spiro atoms. The first-order valence-electron chi connectivity index (χ1n) is 6.81. The van der Waals surface area contributed by atoms with Crippen molar-refractivity contribution >= 4 is 17.4 Å². The number of halogens is 1. The van der Waals surface area contributed by atoms with E-state index in [1.807, 2.05) is 6.07 Å². The van der Waals surface area contributed by atoms with Gasteiger partial charge in [0.1, 0.15) is 5.82 Å². The Balaban J connectivity index is 1.57. The van der Waals surface area contributed by atoms with E-state index in [0.717, 1.165) is 38.5 Å². The molecule has 1 aliphatic rings. The first kappa shape index (κ1) is 13.3. The Bertz CT molecular complexity index is 553. The van der Waals surface area contributed by atoms with Crippen molar-refractivity contribution in [1.29, 1.82) is 0 Å². The van der Waals surface area contributed by atoms with Gasteiger partial charge in [0.05, 0.1) is 0 Å². The summed E-state index contributed by atoms with van der Waals surface area (Å²) in [5.41, 5.74) is 1.37. The van der Waals surface area contributed by atoms with Crippen LogP contribution in [0.2, 0.25) is 5.28 Å². The molecule has 1 aromatic heterocycles. The molecule has 1 saturated heterocycles. The van der Waals surface area contributed by atoms with Gasteiger partial charge in [0.25, 0.3) is 0 Å². The molecule has 0 radical (unpaired) electrons. The van der Waals surface area contributed by atoms with Crippen LogP contribution in [0.1, 0.15) is 5.56 Å². The molecule has 0 saturated carbocycles. The van der Waals surface area contributed by atoms with E-state index in [2.05, 4.69) is 50.1 Å². The predicted octanol–water partition coefficient (Wildman–Crippen LogP) is 2.45. The standard InChI is InChI=1S/C15H17ClN4/c16-15-17-7-6-14(18-15)20-10-8-19(9-11-20)12-13-4-2-1-3-5-13/h1-7H,8-12H2. The Hall–Kier alpha value is -1.65. The van der Waals surface area contributed by atoms with E-state index in [-0.39, 0.29) is 0 Å². The minimum absolute atomic E-state index is 0.314. The van der Waals surface area contributed by atoms with Gasteiger partial charge < -0.3 is 4.90 Å². The van der Waals surface area contributed by atoms with Crippen molar-refractivity contribution < 1.29 is 0 Å². The molecular formula is C15H17ClN4. The Morgan fingerprint density at radius 1 is 1.00 bits per heavy atom. The minimum Gasteiger partial charge on any atom is -0.354 e. The Kier molecular flexibility index (Phi) is 4.14. The average molecular weight is 289 g/mol. The highest BCUT2D eigenvalue weighted by Gasteiger charge is 2.18. The molecule has 0 bridgehead atoms. The zero-order chi connectivity index (χ0) is 13.8. The van der Waals surface area contributed by atoms with Crippen molar-refractivity contribution in [2.75, 3.05) is 31.1 Å². The summed E-state index contributed by atoms with van der Waals surface area (Å²) in [6.45, 7) is 5.03. The van der Waals surface area contributed by atoms with Crippen molar-refractivity contribution in [2.45, 2.75) is 6.54 Å². The fourth-order valence-corrected chi connectivity index (χ4v) is 2.62. The topological polar surface area (TPSA) is 32.3 Å². The lowest BCUT2D eigenvalue weighted by molar-refractivity contribution is 0.249. The molecule has 1 aliphatic heterocycles. The van der Waals surface area contributed by atoms with Crippen LogP contribution in [0.15, 0.2) is 42.6 Å². The monoisotopic (exact) mass is 288 g/mol. The van der Waals surface area contributed by atoms with Crippen molar-refractivity contribution in [1.82, 2.24) is 14.9 Å². The molecule has 3 rings (SSSR count). The minimum atomic E-state index is 0.314. The van der Waals surface area contributed by atoms with Crippen LogP contribution in [-0.4, -0.2) is 41.0 Å². The molecule has 104 valence electrons. The third-order valence-corrected chi connectivity index (χ3v) is 3.74. The van der Waals surface area contributed by atoms with Crippen LogP contribution in [0, 0.1) is 0 Å². The maximum Gasteiger partial charge on any atom is 0.224 e. The summed E-state index contributed by atoms with van der Waals surface area (Å²) in [6.07, 6.45) is 1.71. The number of nitrogens with zero attached hydrogens (tertiary/aromatic N) is 4. The Morgan fingerprint density at radius 2 is 1.75 bits per heavy atom. The van der Waals surface area contributed by atoms with Crippen molar-refractivity contribution in [2.24, 2.45) is 0 Å². The second-order valence-electron chi connectivity index (χ2n) is 4.93. The van der Waals surface area contributed by atoms with E-state index in [9.17, 15) is 0 Å². The second-order valence-corrected chi connectivity index (χ2v) is 5.27. The largest absolute Gasteiger partial charge is 0.354 e. The molecule has 2 heterocycles. The highest BCUT2D eigenvalue weighted by Crippen LogP contribution is 2.15. The van der Waals surface area contributed by atoms with Gasteiger partial charge in [-0.2, -0.15) is 0 Å². The van der Waals surface area contributed by atoms with Crippen LogP contribution in [0.3, 0.4) is 0 Å². The van der Waals surface area contributed by atoms with E-state index in [1.54, 1.807) is 6.20 Å². The summed E-state index contributed by atoms with van der Waals surface area (Å²) in [5.74, 6) is 0.921. The van der Waals surface area contributed by atoms with Gasteiger partial charge in [-0.3, -0.25) is 4.90 Å². The first-order chi connectivity index (χ1) is 9.81. The van der Waals surface area contributed by atoms with Gasteiger partial charge in [0, 0.05) is 38.9 Å². The van der Waals surface area contributed by atoms with Gasteiger partial charge in [-0.1, -0.05) is 30.3 Å². The number of rotatable bonds is 3. The number of hydrogen-bond donors (Lipinski definition) is 0. The van der Waals surface area contributed by atoms with Crippen LogP contribution < -0.4 is 4.90 Å². The lowest BCUT2D eigenvalue weighted by atomic mass is 10.2. The normalized spacial score (nSPS) is 16.4. The molecule has 20 heavy (non-hydrogen) atoms. The fourth-order valence-electron chi connectivity index (χ4n) is 2.48. The molecule has 0 aliphatic carbocycles. The van der Waals surface area contributed by atoms with E-state index in [0.29, 0.717) is 5.28 Å². The molecule has 1 fully saturated rings. The second kappa shape index (κ2) is 6.20. The van der Waals surface area contributed by atoms with Gasteiger partial charge in [-0.15, -0.1) is 0 Å². The quantitative estimate of drug-likeness (QED) is 0.812. The number of piperazine rings is 1. The molecule has 0 N–H and O–H groups in total. The smallest absolute Gasteiger partial charge is 0.224 e. The molecule has 5 heteroatoms. The summed E-state index contributed by atoms with van der Waals surface area (Å²) in [5, 5.41) is 0.314. The maximum atomic E-state index is 5.84. The van der Waals surface area contributed by atoms with Gasteiger partial charge in [0.15, 0.2) is 0 Å². The van der Waals surface area contributed by atoms with E-state index in [4.69, 9.17) is 11.6 Å². The lowest BCUT2D eigenvalue weighted by Crippen LogP contribution is -2.46. The summed E-state index contributed by atoms with van der Waals surface area (Å²) in [7, 11) is 0. The zero-order valence-electron chi connectivity index (χ0n) is 11.2. The number of aromatic nitrogens is 2. The molecular weight excluding hydrogens is 272 g/mol. The van der Waals surface area contributed by atoms with Crippen LogP contribution in [0.4, 0.5) is 5.82 Å². The number of benzene rings is 1. The summed E-state index contributed by atoms with van der Waals surface area (Å²) >= 11 is 5.84. The zero-order valence-corrected chi connectivity index (χ0v) is 12.0. The molecule has 1 aromatic carbocycles. The van der Waals surface area contributed by atoms with Crippen LogP contribution in [-0.2, 0) is 6.54 Å². The molecule has 0 amide bonds. The molecule has 4 nitrogen and oxygen atoms in total. The molecule has 2 aromatic rings. The maximum absolute atomic E-state index is 5.84. The SMILES string of the molecule is Clc1nccc(N2CCN(Cc3ccccc3)CC2)n1. The fraction of sp³-hybridized carbons (Fsp3) is 0.333. The summed E-state index contributed by atoms with van der Waals surface area (Å²) in [4.78, 5) is 12.9. The number of hydrogen-bond acceptors (Lipinski definition) is 4. The van der Waals surface area contributed by atoms with Crippen molar-refractivity contribution in [3.63, 3.8) is 0 Å². The summed E-state index contributed by atoms with van der Waals surface area (Å²) in [6, 6.07) is 12.5. The van der Waals surface area contributed by atoms with Crippen molar-refractivity contribution in [3.05, 3.63) is 53.4 Å². The van der Waals surface area contributed by atoms with E-state index < -0.39 is 0 Å². The third-order valence-electron chi connectivity index (χ3n) is 3.56. The van der Waals surface area contributed by atoms with Crippen LogP contribution >= 0.6 is 11.6 Å². The third kappa shape index (κ3) is 3.26. The highest BCUT2D eigenvalue weighted by atomic mass is 35.5. The predicted molar refractivity (Wildman–Crippen MR) is 81.0 cm³/mol. The van der Waals surface area contributed by atoms with Gasteiger partial charge in [0.2, 0.25) is 5.28 Å². The van der Waals surface area contributed by atoms with E-state index >= 15 is 0 Å². The highest BCUT2D eigenvalue weighted by molar-refractivity contribution is 6.28. The molecule has 0 atom stereocenters.